The Kier molecular flexibility index (Phi) is 7.73. The van der Waals surface area contributed by atoms with E-state index in [9.17, 15) is 26.7 Å². The molecule has 0 unspecified atom stereocenters. The van der Waals surface area contributed by atoms with Crippen molar-refractivity contribution in [1.29, 1.82) is 0 Å². The van der Waals surface area contributed by atoms with Crippen molar-refractivity contribution in [2.24, 2.45) is 0 Å². The third-order valence-electron chi connectivity index (χ3n) is 3.70. The van der Waals surface area contributed by atoms with Crippen LogP contribution in [0.4, 0.5) is 22.0 Å². The molecule has 1 aliphatic heterocycles. The smallest absolute Gasteiger partial charge is 0.313 e. The van der Waals surface area contributed by atoms with Crippen molar-refractivity contribution in [1.82, 2.24) is 5.32 Å². The molecule has 0 aromatic heterocycles. The highest BCUT2D eigenvalue weighted by Gasteiger charge is 2.28. The number of carbonyl (C=O) groups excluding carboxylic acids is 1. The molecule has 0 saturated carbocycles. The Balaban J connectivity index is 1.71. The van der Waals surface area contributed by atoms with Crippen molar-refractivity contribution in [2.75, 3.05) is 32.9 Å². The molecule has 0 aliphatic carbocycles. The summed E-state index contributed by atoms with van der Waals surface area (Å²) in [6.45, 7) is 2.13. The lowest BCUT2D eigenvalue weighted by Crippen LogP contribution is -2.33. The zero-order valence-corrected chi connectivity index (χ0v) is 13.8. The number of carbonyl (C=O) groups is 1. The Morgan fingerprint density at radius 2 is 1.46 bits per heavy atom. The first kappa shape index (κ1) is 20.5. The quantitative estimate of drug-likeness (QED) is 0.187. The molecule has 1 aliphatic rings. The highest BCUT2D eigenvalue weighted by Crippen LogP contribution is 2.29. The van der Waals surface area contributed by atoms with Crippen LogP contribution < -0.4 is 10.1 Å². The maximum Gasteiger partial charge on any atom is 0.313 e. The van der Waals surface area contributed by atoms with Gasteiger partial charge >= 0.3 is 5.97 Å². The average molecular weight is 383 g/mol. The van der Waals surface area contributed by atoms with Gasteiger partial charge in [0.25, 0.3) is 0 Å². The Bertz CT molecular complexity index is 609. The van der Waals surface area contributed by atoms with Gasteiger partial charge in [-0.05, 0) is 25.9 Å². The molecule has 0 spiro atoms. The summed E-state index contributed by atoms with van der Waals surface area (Å²) >= 11 is 0. The summed E-state index contributed by atoms with van der Waals surface area (Å²) in [5, 5.41) is 3.19. The summed E-state index contributed by atoms with van der Waals surface area (Å²) in [5.74, 6) is -13.9. The summed E-state index contributed by atoms with van der Waals surface area (Å²) in [6.07, 6.45) is 1.52. The number of ether oxygens (including phenoxy) is 3. The first-order valence-electron chi connectivity index (χ1n) is 8.04. The fourth-order valence-electron chi connectivity index (χ4n) is 2.33. The number of nitrogens with one attached hydrogen (secondary N) is 1. The van der Waals surface area contributed by atoms with Gasteiger partial charge in [-0.2, -0.15) is 8.78 Å². The standard InChI is InChI=1S/C16H18F5NO4/c17-11-12(18)14(20)16(15(21)13(11)19)26-10(23)3-6-24-7-8-25-9-1-4-22-5-2-9/h9,22H,1-8H2. The number of hydrogen-bond donors (Lipinski definition) is 1. The van der Waals surface area contributed by atoms with Crippen molar-refractivity contribution in [3.63, 3.8) is 0 Å². The molecule has 1 aromatic carbocycles. The highest BCUT2D eigenvalue weighted by atomic mass is 19.2. The van der Waals surface area contributed by atoms with Crippen LogP contribution in [0.2, 0.25) is 0 Å². The van der Waals surface area contributed by atoms with Crippen molar-refractivity contribution in [3.8, 4) is 5.75 Å². The molecular formula is C16H18F5NO4. The van der Waals surface area contributed by atoms with E-state index in [1.54, 1.807) is 0 Å². The van der Waals surface area contributed by atoms with Crippen LogP contribution in [0.3, 0.4) is 0 Å². The second-order valence-electron chi connectivity index (χ2n) is 5.56. The van der Waals surface area contributed by atoms with Gasteiger partial charge in [0.1, 0.15) is 0 Å². The molecule has 0 atom stereocenters. The van der Waals surface area contributed by atoms with E-state index >= 15 is 0 Å². The van der Waals surface area contributed by atoms with E-state index in [1.165, 1.54) is 0 Å². The SMILES string of the molecule is O=C(CCOCCOC1CCNCC1)Oc1c(F)c(F)c(F)c(F)c1F. The van der Waals surface area contributed by atoms with Crippen molar-refractivity contribution >= 4 is 5.97 Å². The van der Waals surface area contributed by atoms with Gasteiger partial charge in [-0.25, -0.2) is 13.2 Å². The lowest BCUT2D eigenvalue weighted by molar-refractivity contribution is -0.136. The molecule has 2 rings (SSSR count). The number of benzene rings is 1. The third-order valence-corrected chi connectivity index (χ3v) is 3.70. The number of esters is 1. The Hall–Kier alpha value is -1.78. The minimum absolute atomic E-state index is 0.149. The molecule has 5 nitrogen and oxygen atoms in total. The second kappa shape index (κ2) is 9.79. The summed E-state index contributed by atoms with van der Waals surface area (Å²) in [5.41, 5.74) is 0. The van der Waals surface area contributed by atoms with E-state index in [4.69, 9.17) is 9.47 Å². The van der Waals surface area contributed by atoms with Gasteiger partial charge in [0.15, 0.2) is 0 Å². The summed E-state index contributed by atoms with van der Waals surface area (Å²) in [4.78, 5) is 11.5. The fourth-order valence-corrected chi connectivity index (χ4v) is 2.33. The topological polar surface area (TPSA) is 56.8 Å². The molecule has 26 heavy (non-hydrogen) atoms. The van der Waals surface area contributed by atoms with Crippen molar-refractivity contribution in [2.45, 2.75) is 25.4 Å². The average Bonchev–Trinajstić information content (AvgIpc) is 2.65. The molecule has 0 amide bonds. The zero-order valence-electron chi connectivity index (χ0n) is 13.8. The van der Waals surface area contributed by atoms with Gasteiger partial charge < -0.3 is 19.5 Å². The molecule has 0 bridgehead atoms. The predicted octanol–water partition coefficient (Wildman–Crippen LogP) is 2.46. The van der Waals surface area contributed by atoms with E-state index < -0.39 is 47.2 Å². The van der Waals surface area contributed by atoms with Gasteiger partial charge in [0.2, 0.25) is 34.8 Å². The number of halogens is 5. The van der Waals surface area contributed by atoms with Crippen LogP contribution in [0.5, 0.6) is 5.75 Å². The fraction of sp³-hybridized carbons (Fsp3) is 0.562. The monoisotopic (exact) mass is 383 g/mol. The first-order valence-corrected chi connectivity index (χ1v) is 8.04. The van der Waals surface area contributed by atoms with Gasteiger partial charge in [-0.15, -0.1) is 0 Å². The normalized spacial score (nSPS) is 15.3. The lowest BCUT2D eigenvalue weighted by atomic mass is 10.1. The van der Waals surface area contributed by atoms with E-state index in [2.05, 4.69) is 10.1 Å². The van der Waals surface area contributed by atoms with E-state index in [1.807, 2.05) is 0 Å². The van der Waals surface area contributed by atoms with E-state index in [0.29, 0.717) is 6.61 Å². The molecule has 1 saturated heterocycles. The largest absolute Gasteiger partial charge is 0.420 e. The van der Waals surface area contributed by atoms with Crippen LogP contribution in [0, 0.1) is 29.1 Å². The van der Waals surface area contributed by atoms with Gasteiger partial charge in [0.05, 0.1) is 32.3 Å². The van der Waals surface area contributed by atoms with Crippen LogP contribution in [0.25, 0.3) is 0 Å². The summed E-state index contributed by atoms with van der Waals surface area (Å²) in [7, 11) is 0. The highest BCUT2D eigenvalue weighted by molar-refractivity contribution is 5.72. The molecule has 1 N–H and O–H groups in total. The first-order chi connectivity index (χ1) is 12.4. The molecule has 146 valence electrons. The van der Waals surface area contributed by atoms with Crippen LogP contribution in [0.15, 0.2) is 0 Å². The lowest BCUT2D eigenvalue weighted by Gasteiger charge is -2.22. The van der Waals surface area contributed by atoms with Crippen molar-refractivity contribution < 1.29 is 41.0 Å². The third kappa shape index (κ3) is 5.36. The van der Waals surface area contributed by atoms with Gasteiger partial charge in [0, 0.05) is 0 Å². The van der Waals surface area contributed by atoms with E-state index in [-0.39, 0.29) is 19.3 Å². The van der Waals surface area contributed by atoms with Crippen LogP contribution in [-0.2, 0) is 14.3 Å². The molecule has 1 heterocycles. The second-order valence-corrected chi connectivity index (χ2v) is 5.56. The maximum absolute atomic E-state index is 13.4. The Morgan fingerprint density at radius 3 is 2.08 bits per heavy atom. The van der Waals surface area contributed by atoms with Gasteiger partial charge in [-0.3, -0.25) is 4.79 Å². The molecule has 0 radical (unpaired) electrons. The molecule has 1 fully saturated rings. The van der Waals surface area contributed by atoms with Crippen LogP contribution in [-0.4, -0.2) is 45.0 Å². The maximum atomic E-state index is 13.4. The Labute approximate surface area is 146 Å². The predicted molar refractivity (Wildman–Crippen MR) is 79.1 cm³/mol. The number of piperidine rings is 1. The van der Waals surface area contributed by atoms with Crippen LogP contribution >= 0.6 is 0 Å². The van der Waals surface area contributed by atoms with E-state index in [0.717, 1.165) is 25.9 Å². The van der Waals surface area contributed by atoms with Gasteiger partial charge in [-0.1, -0.05) is 0 Å². The minimum atomic E-state index is -2.32. The Morgan fingerprint density at radius 1 is 0.885 bits per heavy atom. The summed E-state index contributed by atoms with van der Waals surface area (Å²) < 4.78 is 80.6. The zero-order chi connectivity index (χ0) is 19.1. The molecular weight excluding hydrogens is 365 g/mol. The van der Waals surface area contributed by atoms with Crippen molar-refractivity contribution in [3.05, 3.63) is 29.1 Å². The molecule has 1 aromatic rings. The number of hydrogen-bond acceptors (Lipinski definition) is 5. The van der Waals surface area contributed by atoms with Crippen LogP contribution in [0.1, 0.15) is 19.3 Å². The summed E-state index contributed by atoms with van der Waals surface area (Å²) in [6, 6.07) is 0. The number of rotatable bonds is 8. The molecule has 10 heteroatoms. The minimum Gasteiger partial charge on any atom is -0.420 e.